The largest absolute Gasteiger partial charge is 0.306 e. The number of amides is 1. The Kier molecular flexibility index (Phi) is 3.76. The average Bonchev–Trinajstić information content (AvgIpc) is 2.70. The molecule has 0 aliphatic carbocycles. The smallest absolute Gasteiger partial charge is 0.260 e. The predicted octanol–water partition coefficient (Wildman–Crippen LogP) is 2.39. The first-order valence-electron chi connectivity index (χ1n) is 5.55. The second kappa shape index (κ2) is 5.30. The molecule has 1 N–H and O–H groups in total. The zero-order valence-electron chi connectivity index (χ0n) is 10.1. The normalized spacial score (nSPS) is 10.4. The molecule has 0 saturated heterocycles. The number of nitrogens with one attached hydrogen (secondary N) is 1. The number of aromatic nitrogens is 3. The fourth-order valence-corrected chi connectivity index (χ4v) is 1.98. The van der Waals surface area contributed by atoms with Gasteiger partial charge in [0, 0.05) is 23.9 Å². The van der Waals surface area contributed by atoms with Crippen molar-refractivity contribution >= 4 is 27.7 Å². The molecular formula is C12H13BrN4O. The van der Waals surface area contributed by atoms with Crippen molar-refractivity contribution in [2.24, 2.45) is 7.05 Å². The second-order valence-corrected chi connectivity index (χ2v) is 4.75. The van der Waals surface area contributed by atoms with Crippen LogP contribution in [0.1, 0.15) is 23.0 Å². The van der Waals surface area contributed by atoms with E-state index in [2.05, 4.69) is 31.3 Å². The van der Waals surface area contributed by atoms with Crippen LogP contribution in [-0.2, 0) is 13.5 Å². The Morgan fingerprint density at radius 2 is 2.33 bits per heavy atom. The summed E-state index contributed by atoms with van der Waals surface area (Å²) in [4.78, 5) is 16.2. The van der Waals surface area contributed by atoms with Gasteiger partial charge < -0.3 is 5.32 Å². The molecule has 0 radical (unpaired) electrons. The SMILES string of the molecule is CCc1nn(C)cc1C(=O)Nc1cc(Br)ccn1. The van der Waals surface area contributed by atoms with Crippen LogP contribution in [0.25, 0.3) is 0 Å². The van der Waals surface area contributed by atoms with Gasteiger partial charge in [-0.15, -0.1) is 0 Å². The Hall–Kier alpha value is -1.69. The molecule has 0 atom stereocenters. The van der Waals surface area contributed by atoms with Crippen molar-refractivity contribution in [2.45, 2.75) is 13.3 Å². The van der Waals surface area contributed by atoms with Crippen molar-refractivity contribution in [2.75, 3.05) is 5.32 Å². The third-order valence-electron chi connectivity index (χ3n) is 2.45. The molecular weight excluding hydrogens is 296 g/mol. The van der Waals surface area contributed by atoms with Gasteiger partial charge in [0.2, 0.25) is 0 Å². The Morgan fingerprint density at radius 1 is 1.56 bits per heavy atom. The maximum atomic E-state index is 12.1. The average molecular weight is 309 g/mol. The van der Waals surface area contributed by atoms with E-state index in [0.29, 0.717) is 11.4 Å². The van der Waals surface area contributed by atoms with E-state index in [1.807, 2.05) is 6.92 Å². The summed E-state index contributed by atoms with van der Waals surface area (Å²) >= 11 is 3.33. The summed E-state index contributed by atoms with van der Waals surface area (Å²) in [6.45, 7) is 1.97. The number of hydrogen-bond donors (Lipinski definition) is 1. The van der Waals surface area contributed by atoms with Crippen molar-refractivity contribution < 1.29 is 4.79 Å². The van der Waals surface area contributed by atoms with Crippen LogP contribution in [0.3, 0.4) is 0 Å². The third kappa shape index (κ3) is 2.76. The van der Waals surface area contributed by atoms with Gasteiger partial charge in [0.25, 0.3) is 5.91 Å². The van der Waals surface area contributed by atoms with Crippen LogP contribution in [0.4, 0.5) is 5.82 Å². The van der Waals surface area contributed by atoms with Gasteiger partial charge >= 0.3 is 0 Å². The first-order chi connectivity index (χ1) is 8.60. The quantitative estimate of drug-likeness (QED) is 0.947. The van der Waals surface area contributed by atoms with Crippen LogP contribution in [-0.4, -0.2) is 20.7 Å². The van der Waals surface area contributed by atoms with Gasteiger partial charge in [0.1, 0.15) is 5.82 Å². The maximum Gasteiger partial charge on any atom is 0.260 e. The first kappa shape index (κ1) is 12.8. The lowest BCUT2D eigenvalue weighted by Gasteiger charge is -2.03. The highest BCUT2D eigenvalue weighted by atomic mass is 79.9. The van der Waals surface area contributed by atoms with Crippen LogP contribution in [0, 0.1) is 0 Å². The fraction of sp³-hybridized carbons (Fsp3) is 0.250. The second-order valence-electron chi connectivity index (χ2n) is 3.83. The molecule has 0 aliphatic heterocycles. The van der Waals surface area contributed by atoms with Crippen molar-refractivity contribution in [3.8, 4) is 0 Å². The Balaban J connectivity index is 2.21. The highest BCUT2D eigenvalue weighted by Gasteiger charge is 2.14. The lowest BCUT2D eigenvalue weighted by atomic mass is 10.2. The minimum Gasteiger partial charge on any atom is -0.306 e. The number of aryl methyl sites for hydroxylation is 2. The summed E-state index contributed by atoms with van der Waals surface area (Å²) < 4.78 is 2.51. The number of anilines is 1. The number of nitrogens with zero attached hydrogens (tertiary/aromatic N) is 3. The number of carbonyl (C=O) groups is 1. The zero-order chi connectivity index (χ0) is 13.1. The molecule has 0 aliphatic rings. The van der Waals surface area contributed by atoms with Gasteiger partial charge in [-0.2, -0.15) is 5.10 Å². The predicted molar refractivity (Wildman–Crippen MR) is 72.5 cm³/mol. The van der Waals surface area contributed by atoms with E-state index < -0.39 is 0 Å². The maximum absolute atomic E-state index is 12.1. The number of carbonyl (C=O) groups excluding carboxylic acids is 1. The van der Waals surface area contributed by atoms with Crippen molar-refractivity contribution in [1.82, 2.24) is 14.8 Å². The molecule has 94 valence electrons. The van der Waals surface area contributed by atoms with Gasteiger partial charge in [0.05, 0.1) is 11.3 Å². The zero-order valence-corrected chi connectivity index (χ0v) is 11.7. The van der Waals surface area contributed by atoms with E-state index >= 15 is 0 Å². The molecule has 2 aromatic rings. The third-order valence-corrected chi connectivity index (χ3v) is 2.94. The monoisotopic (exact) mass is 308 g/mol. The van der Waals surface area contributed by atoms with E-state index in [0.717, 1.165) is 16.6 Å². The van der Waals surface area contributed by atoms with Crippen molar-refractivity contribution in [3.05, 3.63) is 40.3 Å². The molecule has 2 rings (SSSR count). The minimum absolute atomic E-state index is 0.189. The van der Waals surface area contributed by atoms with E-state index in [9.17, 15) is 4.79 Å². The Labute approximate surface area is 113 Å². The first-order valence-corrected chi connectivity index (χ1v) is 6.35. The molecule has 5 nitrogen and oxygen atoms in total. The number of pyridine rings is 1. The summed E-state index contributed by atoms with van der Waals surface area (Å²) in [6.07, 6.45) is 4.06. The van der Waals surface area contributed by atoms with Gasteiger partial charge in [-0.25, -0.2) is 4.98 Å². The summed E-state index contributed by atoms with van der Waals surface area (Å²) in [5.74, 6) is 0.325. The van der Waals surface area contributed by atoms with Gasteiger partial charge in [-0.05, 0) is 18.6 Å². The molecule has 0 bridgehead atoms. The molecule has 2 aromatic heterocycles. The van der Waals surface area contributed by atoms with Gasteiger partial charge in [-0.3, -0.25) is 9.48 Å². The van der Waals surface area contributed by atoms with E-state index in [1.54, 1.807) is 36.3 Å². The summed E-state index contributed by atoms with van der Waals surface area (Å²) in [7, 11) is 1.80. The molecule has 1 amide bonds. The number of halogens is 1. The van der Waals surface area contributed by atoms with Crippen molar-refractivity contribution in [3.63, 3.8) is 0 Å². The van der Waals surface area contributed by atoms with Crippen molar-refractivity contribution in [1.29, 1.82) is 0 Å². The van der Waals surface area contributed by atoms with Crippen LogP contribution in [0.15, 0.2) is 29.0 Å². The van der Waals surface area contributed by atoms with Crippen LogP contribution < -0.4 is 5.32 Å². The molecule has 0 saturated carbocycles. The standard InChI is InChI=1S/C12H13BrN4O/c1-3-10-9(7-17(2)16-10)12(18)15-11-6-8(13)4-5-14-11/h4-7H,3H2,1-2H3,(H,14,15,18). The van der Waals surface area contributed by atoms with Crippen LogP contribution >= 0.6 is 15.9 Å². The lowest BCUT2D eigenvalue weighted by Crippen LogP contribution is -2.14. The lowest BCUT2D eigenvalue weighted by molar-refractivity contribution is 0.102. The molecule has 0 unspecified atom stereocenters. The summed E-state index contributed by atoms with van der Waals surface area (Å²) in [6, 6.07) is 3.55. The minimum atomic E-state index is -0.189. The highest BCUT2D eigenvalue weighted by Crippen LogP contribution is 2.15. The molecule has 0 fully saturated rings. The number of hydrogen-bond acceptors (Lipinski definition) is 3. The van der Waals surface area contributed by atoms with Gasteiger partial charge in [0.15, 0.2) is 0 Å². The van der Waals surface area contributed by atoms with E-state index in [-0.39, 0.29) is 5.91 Å². The van der Waals surface area contributed by atoms with Crippen LogP contribution in [0.2, 0.25) is 0 Å². The summed E-state index contributed by atoms with van der Waals surface area (Å²) in [5.41, 5.74) is 1.37. The molecule has 0 aromatic carbocycles. The Bertz CT molecular complexity index is 579. The molecule has 18 heavy (non-hydrogen) atoms. The number of rotatable bonds is 3. The molecule has 0 spiro atoms. The van der Waals surface area contributed by atoms with E-state index in [1.165, 1.54) is 0 Å². The Morgan fingerprint density at radius 3 is 3.00 bits per heavy atom. The molecule has 2 heterocycles. The van der Waals surface area contributed by atoms with Crippen LogP contribution in [0.5, 0.6) is 0 Å². The topological polar surface area (TPSA) is 59.8 Å². The van der Waals surface area contributed by atoms with E-state index in [4.69, 9.17) is 0 Å². The summed E-state index contributed by atoms with van der Waals surface area (Å²) in [5, 5.41) is 6.99. The fourth-order valence-electron chi connectivity index (χ4n) is 1.64. The molecule has 6 heteroatoms. The highest BCUT2D eigenvalue weighted by molar-refractivity contribution is 9.10. The van der Waals surface area contributed by atoms with Gasteiger partial charge in [-0.1, -0.05) is 22.9 Å².